The number of benzene rings is 2. The number of hydrogen-bond donors (Lipinski definition) is 2. The summed E-state index contributed by atoms with van der Waals surface area (Å²) in [5, 5.41) is 22.0. The van der Waals surface area contributed by atoms with Gasteiger partial charge in [-0.25, -0.2) is 8.78 Å². The van der Waals surface area contributed by atoms with Gasteiger partial charge in [0.15, 0.2) is 6.04 Å². The number of nitrogens with two attached hydrogens (primary N) is 1. The zero-order chi connectivity index (χ0) is 25.6. The molecule has 2 aromatic rings. The molecule has 0 bridgehead atoms. The molecule has 2 unspecified atom stereocenters. The van der Waals surface area contributed by atoms with Gasteiger partial charge in [0.1, 0.15) is 23.8 Å². The van der Waals surface area contributed by atoms with Crippen LogP contribution in [0.5, 0.6) is 5.75 Å². The topological polar surface area (TPSA) is 102 Å². The number of carbonyl (C=O) groups excluding carboxylic acids is 1. The van der Waals surface area contributed by atoms with Crippen LogP contribution >= 0.6 is 0 Å². The van der Waals surface area contributed by atoms with Crippen molar-refractivity contribution in [3.05, 3.63) is 64.4 Å². The fourth-order valence-electron chi connectivity index (χ4n) is 4.57. The number of nitrogens with one attached hydrogen (secondary N) is 1. The summed E-state index contributed by atoms with van der Waals surface area (Å²) in [4.78, 5) is 14.6. The third kappa shape index (κ3) is 5.22. The van der Waals surface area contributed by atoms with Crippen molar-refractivity contribution in [3.8, 4) is 5.75 Å². The summed E-state index contributed by atoms with van der Waals surface area (Å²) in [6.07, 6.45) is -5.80. The van der Waals surface area contributed by atoms with E-state index in [-0.39, 0.29) is 43.1 Å². The number of quaternary nitrogens is 1. The Morgan fingerprint density at radius 1 is 1.17 bits per heavy atom. The lowest BCUT2D eigenvalue weighted by Crippen LogP contribution is -2.58. The molecular weight excluding hydrogens is 475 g/mol. The molecule has 2 atom stereocenters. The highest BCUT2D eigenvalue weighted by atomic mass is 19.4. The molecule has 7 nitrogen and oxygen atoms in total. The van der Waals surface area contributed by atoms with Gasteiger partial charge in [0.25, 0.3) is 11.8 Å². The number of nitrogens with zero attached hydrogens (tertiary/aromatic N) is 2. The molecule has 2 aromatic carbocycles. The molecule has 0 aliphatic carbocycles. The fraction of sp³-hybridized carbons (Fsp3) is 0.391. The third-order valence-electron chi connectivity index (χ3n) is 6.39. The van der Waals surface area contributed by atoms with Crippen LogP contribution in [-0.4, -0.2) is 48.1 Å². The van der Waals surface area contributed by atoms with E-state index in [1.807, 2.05) is 0 Å². The lowest BCUT2D eigenvalue weighted by atomic mass is 10.0. The van der Waals surface area contributed by atoms with Gasteiger partial charge in [-0.1, -0.05) is 12.1 Å². The van der Waals surface area contributed by atoms with E-state index in [0.717, 1.165) is 12.1 Å². The Balaban J connectivity index is 1.66. The Morgan fingerprint density at radius 3 is 2.37 bits per heavy atom. The van der Waals surface area contributed by atoms with E-state index in [1.165, 1.54) is 23.1 Å². The predicted octanol–water partition coefficient (Wildman–Crippen LogP) is 4.06. The van der Waals surface area contributed by atoms with E-state index < -0.39 is 47.5 Å². The van der Waals surface area contributed by atoms with Gasteiger partial charge in [-0.2, -0.15) is 0 Å². The monoisotopic (exact) mass is 498 g/mol. The summed E-state index contributed by atoms with van der Waals surface area (Å²) in [5.41, 5.74) is 6.96. The molecule has 0 aromatic heterocycles. The number of nitrogen functional groups attached to an aromatic ring is 1. The molecule has 35 heavy (non-hydrogen) atoms. The third-order valence-corrected chi connectivity index (χ3v) is 6.39. The number of carbonyl (C=O) groups is 1. The van der Waals surface area contributed by atoms with Gasteiger partial charge in [-0.3, -0.25) is 10.2 Å². The standard InChI is InChI=1S/C23H23F5N4O3/c24-22(25)7-9-31(10-8-22)21(33)19-11-15-3-4-16(20(29)30)12-18(15)32(19,34)13-14-1-5-17(6-2-14)35-23(26,27)28/h1-6,12,19H,7-11,13H2,(H3,29,30). The number of alkyl halides is 5. The lowest BCUT2D eigenvalue weighted by Gasteiger charge is -2.45. The van der Waals surface area contributed by atoms with Crippen molar-refractivity contribution in [2.45, 2.75) is 44.1 Å². The molecular formula is C23H23F5N4O3. The van der Waals surface area contributed by atoms with Crippen LogP contribution in [0.15, 0.2) is 42.5 Å². The van der Waals surface area contributed by atoms with Crippen molar-refractivity contribution >= 4 is 17.4 Å². The van der Waals surface area contributed by atoms with E-state index >= 15 is 0 Å². The number of amidine groups is 1. The Kier molecular flexibility index (Phi) is 6.22. The SMILES string of the molecule is N=C(N)c1ccc2c(c1)[N+]([O-])(Cc1ccc(OC(F)(F)F)cc1)C(C(=O)N1CCC(F)(F)CC1)C2. The van der Waals surface area contributed by atoms with Crippen LogP contribution in [0.3, 0.4) is 0 Å². The molecule has 3 N–H and O–H groups in total. The van der Waals surface area contributed by atoms with Gasteiger partial charge in [0, 0.05) is 55.1 Å². The number of amides is 1. The van der Waals surface area contributed by atoms with Crippen molar-refractivity contribution in [1.29, 1.82) is 5.41 Å². The second-order valence-electron chi connectivity index (χ2n) is 8.80. The van der Waals surface area contributed by atoms with Gasteiger partial charge in [-0.15, -0.1) is 13.2 Å². The van der Waals surface area contributed by atoms with Crippen molar-refractivity contribution in [3.63, 3.8) is 0 Å². The molecule has 0 saturated carbocycles. The highest BCUT2D eigenvalue weighted by Gasteiger charge is 2.48. The van der Waals surface area contributed by atoms with E-state index in [0.29, 0.717) is 11.1 Å². The molecule has 1 amide bonds. The summed E-state index contributed by atoms with van der Waals surface area (Å²) in [5.74, 6) is -4.16. The van der Waals surface area contributed by atoms with Crippen LogP contribution in [0.1, 0.15) is 29.5 Å². The molecule has 188 valence electrons. The highest BCUT2D eigenvalue weighted by molar-refractivity contribution is 5.96. The quantitative estimate of drug-likeness (QED) is 0.213. The summed E-state index contributed by atoms with van der Waals surface area (Å²) in [6, 6.07) is 8.17. The Hall–Kier alpha value is -3.25. The average molecular weight is 498 g/mol. The van der Waals surface area contributed by atoms with E-state index in [2.05, 4.69) is 4.74 Å². The normalized spacial score (nSPS) is 23.6. The zero-order valence-electron chi connectivity index (χ0n) is 18.4. The van der Waals surface area contributed by atoms with Crippen LogP contribution in [0.4, 0.5) is 27.6 Å². The van der Waals surface area contributed by atoms with Gasteiger partial charge in [-0.05, 0) is 24.3 Å². The van der Waals surface area contributed by atoms with E-state index in [4.69, 9.17) is 11.1 Å². The number of hydroxylamine groups is 2. The first-order valence-electron chi connectivity index (χ1n) is 10.9. The molecule has 4 rings (SSSR count). The number of piperidine rings is 1. The van der Waals surface area contributed by atoms with Crippen LogP contribution in [0.25, 0.3) is 0 Å². The van der Waals surface area contributed by atoms with Crippen molar-refractivity contribution in [2.24, 2.45) is 5.73 Å². The summed E-state index contributed by atoms with van der Waals surface area (Å²) >= 11 is 0. The Labute approximate surface area is 197 Å². The second-order valence-corrected chi connectivity index (χ2v) is 8.80. The maximum atomic E-state index is 14.3. The number of hydrogen-bond acceptors (Lipinski definition) is 4. The molecule has 1 fully saturated rings. The summed E-state index contributed by atoms with van der Waals surface area (Å²) in [6.45, 7) is -0.664. The minimum absolute atomic E-state index is 0.0536. The molecule has 1 saturated heterocycles. The van der Waals surface area contributed by atoms with Gasteiger partial charge in [0.05, 0.1) is 0 Å². The zero-order valence-corrected chi connectivity index (χ0v) is 18.4. The Morgan fingerprint density at radius 2 is 1.80 bits per heavy atom. The van der Waals surface area contributed by atoms with Crippen LogP contribution in [0.2, 0.25) is 0 Å². The van der Waals surface area contributed by atoms with Gasteiger partial charge in [0.2, 0.25) is 0 Å². The molecule has 2 heterocycles. The molecule has 2 aliphatic rings. The van der Waals surface area contributed by atoms with E-state index in [1.54, 1.807) is 12.1 Å². The lowest BCUT2D eigenvalue weighted by molar-refractivity contribution is -0.274. The second kappa shape index (κ2) is 8.76. The summed E-state index contributed by atoms with van der Waals surface area (Å²) in [7, 11) is 0. The van der Waals surface area contributed by atoms with E-state index in [9.17, 15) is 32.0 Å². The Bertz CT molecular complexity index is 1130. The minimum Gasteiger partial charge on any atom is -0.627 e. The minimum atomic E-state index is -4.87. The largest absolute Gasteiger partial charge is 0.627 e. The maximum absolute atomic E-state index is 14.3. The molecule has 0 spiro atoms. The number of ether oxygens (including phenoxy) is 1. The maximum Gasteiger partial charge on any atom is 0.573 e. The van der Waals surface area contributed by atoms with Gasteiger partial charge >= 0.3 is 6.36 Å². The first-order valence-corrected chi connectivity index (χ1v) is 10.9. The van der Waals surface area contributed by atoms with Crippen LogP contribution in [-0.2, 0) is 17.8 Å². The van der Waals surface area contributed by atoms with Crippen molar-refractivity contribution in [2.75, 3.05) is 13.1 Å². The van der Waals surface area contributed by atoms with Crippen molar-refractivity contribution in [1.82, 2.24) is 9.55 Å². The van der Waals surface area contributed by atoms with Crippen LogP contribution in [0, 0.1) is 10.6 Å². The molecule has 2 aliphatic heterocycles. The predicted molar refractivity (Wildman–Crippen MR) is 118 cm³/mol. The first-order chi connectivity index (χ1) is 16.3. The molecule has 12 heteroatoms. The first kappa shape index (κ1) is 24.9. The number of fused-ring (bicyclic) bond motifs is 1. The van der Waals surface area contributed by atoms with Gasteiger partial charge < -0.3 is 25.2 Å². The van der Waals surface area contributed by atoms with Crippen molar-refractivity contribution < 1.29 is 31.5 Å². The number of likely N-dealkylation sites (tertiary alicyclic amines) is 1. The molecule has 0 radical (unpaired) electrons. The highest BCUT2D eigenvalue weighted by Crippen LogP contribution is 2.42. The number of halogens is 5. The smallest absolute Gasteiger partial charge is 0.573 e. The average Bonchev–Trinajstić information content (AvgIpc) is 3.05. The van der Waals surface area contributed by atoms with Crippen LogP contribution < -0.4 is 15.1 Å². The number of rotatable bonds is 5. The fourth-order valence-corrected chi connectivity index (χ4v) is 4.57. The summed E-state index contributed by atoms with van der Waals surface area (Å²) < 4.78 is 67.3.